The molecule has 5 heteroatoms. The van der Waals surface area contributed by atoms with E-state index in [9.17, 15) is 8.42 Å². The first kappa shape index (κ1) is 9.91. The van der Waals surface area contributed by atoms with Crippen LogP contribution in [0.2, 0.25) is 0 Å². The van der Waals surface area contributed by atoms with Crippen molar-refractivity contribution in [3.8, 4) is 0 Å². The van der Waals surface area contributed by atoms with Crippen LogP contribution in [-0.4, -0.2) is 13.7 Å². The van der Waals surface area contributed by atoms with Crippen LogP contribution in [0, 0.1) is 0 Å². The molecule has 0 aromatic heterocycles. The smallest absolute Gasteiger partial charge is 0.235 e. The molecule has 0 aliphatic heterocycles. The molecule has 0 amide bonds. The van der Waals surface area contributed by atoms with Gasteiger partial charge in [-0.1, -0.05) is 30.3 Å². The van der Waals surface area contributed by atoms with Gasteiger partial charge in [0.05, 0.1) is 5.41 Å². The minimum atomic E-state index is -3.94. The van der Waals surface area contributed by atoms with Gasteiger partial charge in [-0.05, 0) is 11.6 Å². The Balaban J connectivity index is 2.82. The molecule has 0 saturated heterocycles. The lowest BCUT2D eigenvalue weighted by atomic mass is 10.2. The minimum Gasteiger partial charge on any atom is -0.235 e. The van der Waals surface area contributed by atoms with E-state index in [0.29, 0.717) is 5.56 Å². The molecule has 0 spiro atoms. The van der Waals surface area contributed by atoms with Crippen molar-refractivity contribution < 1.29 is 18.0 Å². The lowest BCUT2D eigenvalue weighted by molar-refractivity contribution is -0.129. The zero-order valence-electron chi connectivity index (χ0n) is 6.62. The van der Waals surface area contributed by atoms with E-state index in [1.807, 2.05) is 6.07 Å². The van der Waals surface area contributed by atoms with Gasteiger partial charge in [0.25, 0.3) is 0 Å². The second-order valence-electron chi connectivity index (χ2n) is 2.28. The molecule has 0 unspecified atom stereocenters. The normalized spacial score (nSPS) is 12.1. The van der Waals surface area contributed by atoms with Gasteiger partial charge in [0.2, 0.25) is 0 Å². The summed E-state index contributed by atoms with van der Waals surface area (Å²) < 4.78 is 24.5. The van der Waals surface area contributed by atoms with Crippen molar-refractivity contribution in [3.05, 3.63) is 41.3 Å². The highest BCUT2D eigenvalue weighted by Crippen LogP contribution is 2.03. The fourth-order valence-electron chi connectivity index (χ4n) is 0.751. The third-order valence-electron chi connectivity index (χ3n) is 1.33. The molecule has 1 N–H and O–H groups in total. The first-order valence-electron chi connectivity index (χ1n) is 3.45. The zero-order valence-corrected chi connectivity index (χ0v) is 7.44. The summed E-state index contributed by atoms with van der Waals surface area (Å²) in [7, 11) is -3.94. The predicted octanol–water partition coefficient (Wildman–Crippen LogP) is 1.48. The average molecular weight is 200 g/mol. The molecule has 70 valence electrons. The maximum Gasteiger partial charge on any atom is 0.316 e. The maximum absolute atomic E-state index is 10.6. The quantitative estimate of drug-likeness (QED) is 0.593. The molecule has 1 rings (SSSR count). The van der Waals surface area contributed by atoms with Crippen molar-refractivity contribution in [2.75, 3.05) is 0 Å². The minimum absolute atomic E-state index is 0.711. The van der Waals surface area contributed by atoms with Gasteiger partial charge in [0.1, 0.15) is 0 Å². The van der Waals surface area contributed by atoms with E-state index >= 15 is 0 Å². The average Bonchev–Trinajstić information content (AvgIpc) is 2.17. The summed E-state index contributed by atoms with van der Waals surface area (Å²) in [5, 5.41) is 8.71. The van der Waals surface area contributed by atoms with Crippen LogP contribution in [0.15, 0.2) is 35.7 Å². The molecular formula is C8H8O4S. The summed E-state index contributed by atoms with van der Waals surface area (Å²) in [5.41, 5.74) is 0.711. The van der Waals surface area contributed by atoms with Crippen LogP contribution in [0.4, 0.5) is 0 Å². The number of benzene rings is 1. The molecule has 0 aliphatic rings. The summed E-state index contributed by atoms with van der Waals surface area (Å²) >= 11 is 0. The van der Waals surface area contributed by atoms with Crippen LogP contribution in [0.1, 0.15) is 5.56 Å². The van der Waals surface area contributed by atoms with E-state index in [4.69, 9.17) is 5.26 Å². The highest BCUT2D eigenvalue weighted by molar-refractivity contribution is 7.89. The molecule has 0 saturated carbocycles. The van der Waals surface area contributed by atoms with Gasteiger partial charge >= 0.3 is 10.1 Å². The van der Waals surface area contributed by atoms with E-state index in [2.05, 4.69) is 4.33 Å². The standard InChI is InChI=1S/C8H8O4S/c9-12-13(10,11)7-6-8-4-2-1-3-5-8/h1-7,9H. The third-order valence-corrected chi connectivity index (χ3v) is 2.01. The molecule has 0 atom stereocenters. The Labute approximate surface area is 76.1 Å². The summed E-state index contributed by atoms with van der Waals surface area (Å²) in [4.78, 5) is 0. The van der Waals surface area contributed by atoms with Gasteiger partial charge in [-0.3, -0.25) is 0 Å². The van der Waals surface area contributed by atoms with Crippen LogP contribution in [-0.2, 0) is 14.5 Å². The molecule has 0 bridgehead atoms. The fourth-order valence-corrected chi connectivity index (χ4v) is 1.12. The van der Waals surface area contributed by atoms with E-state index in [1.165, 1.54) is 6.08 Å². The van der Waals surface area contributed by atoms with Crippen LogP contribution >= 0.6 is 0 Å². The van der Waals surface area contributed by atoms with Gasteiger partial charge in [-0.15, -0.1) is 4.33 Å². The molecule has 1 aromatic rings. The zero-order chi connectivity index (χ0) is 9.73. The molecule has 0 heterocycles. The molecule has 0 fully saturated rings. The molecule has 4 nitrogen and oxygen atoms in total. The van der Waals surface area contributed by atoms with Gasteiger partial charge in [0, 0.05) is 0 Å². The van der Waals surface area contributed by atoms with Crippen molar-refractivity contribution in [2.45, 2.75) is 0 Å². The van der Waals surface area contributed by atoms with Crippen molar-refractivity contribution in [2.24, 2.45) is 0 Å². The monoisotopic (exact) mass is 200 g/mol. The molecule has 1 aromatic carbocycles. The van der Waals surface area contributed by atoms with Crippen molar-refractivity contribution >= 4 is 16.2 Å². The Morgan fingerprint density at radius 3 is 2.38 bits per heavy atom. The van der Waals surface area contributed by atoms with Crippen molar-refractivity contribution in [1.82, 2.24) is 0 Å². The molecule has 13 heavy (non-hydrogen) atoms. The summed E-state index contributed by atoms with van der Waals surface area (Å²) in [6.07, 6.45) is 1.32. The van der Waals surface area contributed by atoms with Crippen molar-refractivity contribution in [3.63, 3.8) is 0 Å². The predicted molar refractivity (Wildman–Crippen MR) is 48.1 cm³/mol. The van der Waals surface area contributed by atoms with Crippen LogP contribution in [0.5, 0.6) is 0 Å². The largest absolute Gasteiger partial charge is 0.316 e. The summed E-state index contributed by atoms with van der Waals surface area (Å²) in [6, 6.07) is 8.80. The van der Waals surface area contributed by atoms with E-state index < -0.39 is 10.1 Å². The first-order valence-corrected chi connectivity index (χ1v) is 4.92. The Hall–Kier alpha value is -1.17. The topological polar surface area (TPSA) is 63.6 Å². The second-order valence-corrected chi connectivity index (χ2v) is 3.69. The molecule has 0 aliphatic carbocycles. The SMILES string of the molecule is O=S(=O)(C=Cc1ccccc1)OO. The van der Waals surface area contributed by atoms with E-state index in [0.717, 1.165) is 5.41 Å². The first-order chi connectivity index (χ1) is 6.14. The number of hydrogen-bond acceptors (Lipinski definition) is 4. The van der Waals surface area contributed by atoms with Gasteiger partial charge in [0.15, 0.2) is 0 Å². The van der Waals surface area contributed by atoms with Crippen molar-refractivity contribution in [1.29, 1.82) is 0 Å². The van der Waals surface area contributed by atoms with Gasteiger partial charge in [-0.2, -0.15) is 8.42 Å². The summed E-state index contributed by atoms with van der Waals surface area (Å²) in [6.45, 7) is 0. The highest BCUT2D eigenvalue weighted by atomic mass is 32.2. The molecular weight excluding hydrogens is 192 g/mol. The maximum atomic E-state index is 10.6. The fraction of sp³-hybridized carbons (Fsp3) is 0. The highest BCUT2D eigenvalue weighted by Gasteiger charge is 2.02. The van der Waals surface area contributed by atoms with Crippen LogP contribution < -0.4 is 0 Å². The van der Waals surface area contributed by atoms with Gasteiger partial charge < -0.3 is 0 Å². The van der Waals surface area contributed by atoms with Gasteiger partial charge in [-0.25, -0.2) is 5.26 Å². The third kappa shape index (κ3) is 3.37. The van der Waals surface area contributed by atoms with Crippen LogP contribution in [0.3, 0.4) is 0 Å². The number of rotatable bonds is 3. The van der Waals surface area contributed by atoms with Crippen LogP contribution in [0.25, 0.3) is 6.08 Å². The van der Waals surface area contributed by atoms with E-state index in [-0.39, 0.29) is 0 Å². The Morgan fingerprint density at radius 2 is 1.85 bits per heavy atom. The van der Waals surface area contributed by atoms with E-state index in [1.54, 1.807) is 24.3 Å². The Bertz CT molecular complexity index is 380. The lowest BCUT2D eigenvalue weighted by Crippen LogP contribution is -1.96. The second kappa shape index (κ2) is 4.18. The summed E-state index contributed by atoms with van der Waals surface area (Å²) in [5.74, 6) is 0. The lowest BCUT2D eigenvalue weighted by Gasteiger charge is -1.91. The Kier molecular flexibility index (Phi) is 3.18. The number of hydrogen-bond donors (Lipinski definition) is 1. The molecule has 0 radical (unpaired) electrons. The Morgan fingerprint density at radius 1 is 1.23 bits per heavy atom.